The van der Waals surface area contributed by atoms with E-state index in [0.29, 0.717) is 11.3 Å². The number of carbonyl (C=O) groups excluding carboxylic acids is 1. The van der Waals surface area contributed by atoms with Crippen LogP contribution < -0.4 is 15.7 Å². The van der Waals surface area contributed by atoms with Crippen LogP contribution >= 0.6 is 0 Å². The van der Waals surface area contributed by atoms with Crippen LogP contribution in [0.25, 0.3) is 5.69 Å². The molecule has 1 amide bonds. The van der Waals surface area contributed by atoms with Gasteiger partial charge >= 0.3 is 0 Å². The highest BCUT2D eigenvalue weighted by Gasteiger charge is 2.16. The van der Waals surface area contributed by atoms with E-state index in [9.17, 15) is 9.59 Å². The van der Waals surface area contributed by atoms with Gasteiger partial charge < -0.3 is 4.74 Å². The van der Waals surface area contributed by atoms with Gasteiger partial charge in [0.25, 0.3) is 11.5 Å². The number of ether oxygens (including phenoxy) is 1. The van der Waals surface area contributed by atoms with Gasteiger partial charge in [-0.2, -0.15) is 5.10 Å². The van der Waals surface area contributed by atoms with E-state index in [-0.39, 0.29) is 17.6 Å². The van der Waals surface area contributed by atoms with Crippen LogP contribution in [-0.4, -0.2) is 28.1 Å². The lowest BCUT2D eigenvalue weighted by atomic mass is 9.86. The molecule has 3 aromatic rings. The maximum atomic E-state index is 12.8. The summed E-state index contributed by atoms with van der Waals surface area (Å²) in [6.07, 6.45) is 1.37. The molecule has 0 saturated heterocycles. The Morgan fingerprint density at radius 2 is 1.81 bits per heavy atom. The van der Waals surface area contributed by atoms with E-state index < -0.39 is 5.91 Å². The third-order valence-corrected chi connectivity index (χ3v) is 5.38. The maximum absolute atomic E-state index is 12.8. The van der Waals surface area contributed by atoms with E-state index in [1.165, 1.54) is 11.8 Å². The number of carbonyl (C=O) groups is 1. The lowest BCUT2D eigenvalue weighted by Gasteiger charge is -2.20. The van der Waals surface area contributed by atoms with Crippen molar-refractivity contribution < 1.29 is 9.53 Å². The zero-order valence-corrected chi connectivity index (χ0v) is 19.5. The van der Waals surface area contributed by atoms with Gasteiger partial charge in [0.15, 0.2) is 6.61 Å². The molecule has 7 heteroatoms. The third-order valence-electron chi connectivity index (χ3n) is 5.38. The molecule has 0 aliphatic heterocycles. The zero-order chi connectivity index (χ0) is 23.5. The average Bonchev–Trinajstić information content (AvgIpc) is 2.95. The zero-order valence-electron chi connectivity index (χ0n) is 19.5. The van der Waals surface area contributed by atoms with Crippen LogP contribution in [0.3, 0.4) is 0 Å². The van der Waals surface area contributed by atoms with E-state index in [1.54, 1.807) is 16.4 Å². The SMILES string of the molecule is Cc1cc(C(C)(C)C)ccc1OCC(=O)N/N=C/c1c(C)n(C)n(-c2ccccc2)c1=O. The maximum Gasteiger partial charge on any atom is 0.280 e. The Hall–Kier alpha value is -3.61. The van der Waals surface area contributed by atoms with Crippen molar-refractivity contribution in [3.63, 3.8) is 0 Å². The summed E-state index contributed by atoms with van der Waals surface area (Å²) in [5.41, 5.74) is 6.34. The summed E-state index contributed by atoms with van der Waals surface area (Å²) >= 11 is 0. The number of amides is 1. The Bertz CT molecular complexity index is 1200. The number of nitrogens with zero attached hydrogens (tertiary/aromatic N) is 3. The van der Waals surface area contributed by atoms with E-state index in [1.807, 2.05) is 56.3 Å². The number of hydrazone groups is 1. The number of para-hydroxylation sites is 1. The number of benzene rings is 2. The van der Waals surface area contributed by atoms with Crippen molar-refractivity contribution >= 4 is 12.1 Å². The number of nitrogens with one attached hydrogen (secondary N) is 1. The van der Waals surface area contributed by atoms with Crippen LogP contribution in [0.2, 0.25) is 0 Å². The number of aromatic nitrogens is 2. The molecule has 0 saturated carbocycles. The molecule has 7 nitrogen and oxygen atoms in total. The van der Waals surface area contributed by atoms with Crippen LogP contribution in [0.5, 0.6) is 5.75 Å². The number of rotatable bonds is 6. The first-order chi connectivity index (χ1) is 15.1. The molecule has 168 valence electrons. The molecule has 1 heterocycles. The Balaban J connectivity index is 1.65. The predicted molar refractivity (Wildman–Crippen MR) is 127 cm³/mol. The molecule has 0 aliphatic rings. The van der Waals surface area contributed by atoms with Gasteiger partial charge in [0.05, 0.1) is 17.5 Å². The Kier molecular flexibility index (Phi) is 6.67. The summed E-state index contributed by atoms with van der Waals surface area (Å²) in [5, 5.41) is 3.96. The molecule has 32 heavy (non-hydrogen) atoms. The second-order valence-corrected chi connectivity index (χ2v) is 8.79. The van der Waals surface area contributed by atoms with Crippen molar-refractivity contribution in [3.8, 4) is 11.4 Å². The van der Waals surface area contributed by atoms with Gasteiger partial charge in [0, 0.05) is 12.7 Å². The van der Waals surface area contributed by atoms with Crippen LogP contribution in [0.1, 0.15) is 43.2 Å². The van der Waals surface area contributed by atoms with Crippen molar-refractivity contribution in [1.82, 2.24) is 14.8 Å². The number of hydrogen-bond acceptors (Lipinski definition) is 4. The summed E-state index contributed by atoms with van der Waals surface area (Å²) in [6.45, 7) is 10.1. The topological polar surface area (TPSA) is 77.6 Å². The molecule has 1 N–H and O–H groups in total. The van der Waals surface area contributed by atoms with Crippen molar-refractivity contribution in [2.24, 2.45) is 12.1 Å². The first kappa shape index (κ1) is 23.1. The Morgan fingerprint density at radius 1 is 1.12 bits per heavy atom. The van der Waals surface area contributed by atoms with Crippen LogP contribution in [-0.2, 0) is 17.3 Å². The summed E-state index contributed by atoms with van der Waals surface area (Å²) in [7, 11) is 1.81. The average molecular weight is 435 g/mol. The minimum atomic E-state index is -0.405. The fourth-order valence-electron chi connectivity index (χ4n) is 3.36. The summed E-state index contributed by atoms with van der Waals surface area (Å²) < 4.78 is 8.96. The molecule has 2 aromatic carbocycles. The van der Waals surface area contributed by atoms with Crippen molar-refractivity contribution in [2.75, 3.05) is 6.61 Å². The standard InChI is InChI=1S/C25H30N4O3/c1-17-14-19(25(3,4)5)12-13-22(17)32-16-23(30)27-26-15-21-18(2)28(6)29(24(21)31)20-10-8-7-9-11-20/h7-15H,16H2,1-6H3,(H,27,30)/b26-15+. The smallest absolute Gasteiger partial charge is 0.280 e. The van der Waals surface area contributed by atoms with E-state index in [0.717, 1.165) is 16.9 Å². The minimum absolute atomic E-state index is 0.0457. The molecule has 0 aliphatic carbocycles. The lowest BCUT2D eigenvalue weighted by Crippen LogP contribution is -2.25. The Morgan fingerprint density at radius 3 is 2.44 bits per heavy atom. The molecular weight excluding hydrogens is 404 g/mol. The minimum Gasteiger partial charge on any atom is -0.483 e. The second-order valence-electron chi connectivity index (χ2n) is 8.79. The molecule has 1 aromatic heterocycles. The summed E-state index contributed by atoms with van der Waals surface area (Å²) in [6, 6.07) is 15.3. The van der Waals surface area contributed by atoms with Crippen LogP contribution in [0.4, 0.5) is 0 Å². The van der Waals surface area contributed by atoms with Gasteiger partial charge in [-0.25, -0.2) is 10.1 Å². The van der Waals surface area contributed by atoms with E-state index >= 15 is 0 Å². The van der Waals surface area contributed by atoms with Gasteiger partial charge in [0.2, 0.25) is 0 Å². The van der Waals surface area contributed by atoms with Crippen molar-refractivity contribution in [1.29, 1.82) is 0 Å². The fraction of sp³-hybridized carbons (Fsp3) is 0.320. The number of aryl methyl sites for hydroxylation is 1. The normalized spacial score (nSPS) is 11.7. The highest BCUT2D eigenvalue weighted by atomic mass is 16.5. The molecule has 3 rings (SSSR count). The van der Waals surface area contributed by atoms with E-state index in [2.05, 4.69) is 37.4 Å². The van der Waals surface area contributed by atoms with Gasteiger partial charge in [0.1, 0.15) is 5.75 Å². The first-order valence-corrected chi connectivity index (χ1v) is 10.5. The van der Waals surface area contributed by atoms with Crippen LogP contribution in [0, 0.1) is 13.8 Å². The second kappa shape index (κ2) is 9.26. The fourth-order valence-corrected chi connectivity index (χ4v) is 3.36. The Labute approximate surface area is 188 Å². The van der Waals surface area contributed by atoms with Gasteiger partial charge in [-0.05, 0) is 48.6 Å². The number of hydrogen-bond donors (Lipinski definition) is 1. The molecule has 0 radical (unpaired) electrons. The van der Waals surface area contributed by atoms with Crippen molar-refractivity contribution in [3.05, 3.63) is 81.3 Å². The monoisotopic (exact) mass is 434 g/mol. The highest BCUT2D eigenvalue weighted by Crippen LogP contribution is 2.27. The molecule has 0 atom stereocenters. The van der Waals surface area contributed by atoms with E-state index in [4.69, 9.17) is 4.74 Å². The molecule has 0 spiro atoms. The first-order valence-electron chi connectivity index (χ1n) is 10.5. The summed E-state index contributed by atoms with van der Waals surface area (Å²) in [5.74, 6) is 0.249. The predicted octanol–water partition coefficient (Wildman–Crippen LogP) is 3.62. The van der Waals surface area contributed by atoms with Crippen LogP contribution in [0.15, 0.2) is 58.4 Å². The lowest BCUT2D eigenvalue weighted by molar-refractivity contribution is -0.123. The van der Waals surface area contributed by atoms with Crippen molar-refractivity contribution in [2.45, 2.75) is 40.0 Å². The van der Waals surface area contributed by atoms with Gasteiger partial charge in [-0.15, -0.1) is 0 Å². The molecule has 0 bridgehead atoms. The largest absolute Gasteiger partial charge is 0.483 e. The van der Waals surface area contributed by atoms with Gasteiger partial charge in [-0.1, -0.05) is 51.1 Å². The molecule has 0 fully saturated rings. The van der Waals surface area contributed by atoms with Gasteiger partial charge in [-0.3, -0.25) is 14.3 Å². The quantitative estimate of drug-likeness (QED) is 0.475. The highest BCUT2D eigenvalue weighted by molar-refractivity contribution is 5.83. The third kappa shape index (κ3) is 4.99. The molecular formula is C25H30N4O3. The summed E-state index contributed by atoms with van der Waals surface area (Å²) in [4.78, 5) is 25.0. The molecule has 0 unspecified atom stereocenters.